The number of carboxylic acids is 1. The smallest absolute Gasteiger partial charge is 0.321 e. The highest BCUT2D eigenvalue weighted by molar-refractivity contribution is 7.16. The minimum absolute atomic E-state index is 0.199. The van der Waals surface area contributed by atoms with E-state index in [4.69, 9.17) is 28.2 Å². The highest BCUT2D eigenvalue weighted by Crippen LogP contribution is 2.29. The summed E-state index contributed by atoms with van der Waals surface area (Å²) in [7, 11) is 0. The van der Waals surface area contributed by atoms with Gasteiger partial charge in [-0.1, -0.05) is 11.6 Å². The number of carboxylic acid groups (broad SMARTS) is 1. The first-order valence-electron chi connectivity index (χ1n) is 4.00. The minimum atomic E-state index is -1.05. The third-order valence-electron chi connectivity index (χ3n) is 1.93. The van der Waals surface area contributed by atoms with Gasteiger partial charge in [0.05, 0.1) is 4.34 Å². The SMILES string of the molecule is NCC(c1ccc(Cl)s1)C(N)C(=O)O. The summed E-state index contributed by atoms with van der Waals surface area (Å²) >= 11 is 7.04. The zero-order valence-corrected chi connectivity index (χ0v) is 8.89. The molecule has 0 saturated carbocycles. The van der Waals surface area contributed by atoms with Crippen LogP contribution in [0.3, 0.4) is 0 Å². The average molecular weight is 235 g/mol. The Morgan fingerprint density at radius 2 is 2.29 bits per heavy atom. The Kier molecular flexibility index (Phi) is 3.88. The second-order valence-corrected chi connectivity index (χ2v) is 4.59. The first-order valence-corrected chi connectivity index (χ1v) is 5.19. The summed E-state index contributed by atoms with van der Waals surface area (Å²) in [6.07, 6.45) is 0. The fourth-order valence-corrected chi connectivity index (χ4v) is 2.36. The Balaban J connectivity index is 2.86. The molecule has 0 bridgehead atoms. The lowest BCUT2D eigenvalue weighted by atomic mass is 9.99. The van der Waals surface area contributed by atoms with E-state index in [9.17, 15) is 4.79 Å². The van der Waals surface area contributed by atoms with Crippen LogP contribution in [0.4, 0.5) is 0 Å². The zero-order chi connectivity index (χ0) is 10.7. The Bertz CT molecular complexity index is 329. The van der Waals surface area contributed by atoms with Gasteiger partial charge in [-0.3, -0.25) is 4.79 Å². The van der Waals surface area contributed by atoms with Crippen molar-refractivity contribution in [1.82, 2.24) is 0 Å². The van der Waals surface area contributed by atoms with Gasteiger partial charge in [0.1, 0.15) is 6.04 Å². The molecule has 0 saturated heterocycles. The highest BCUT2D eigenvalue weighted by atomic mass is 35.5. The molecule has 1 aromatic rings. The van der Waals surface area contributed by atoms with Gasteiger partial charge < -0.3 is 16.6 Å². The van der Waals surface area contributed by atoms with Crippen molar-refractivity contribution in [3.05, 3.63) is 21.3 Å². The Morgan fingerprint density at radius 1 is 1.64 bits per heavy atom. The van der Waals surface area contributed by atoms with Gasteiger partial charge in [-0.2, -0.15) is 0 Å². The number of rotatable bonds is 4. The monoisotopic (exact) mass is 234 g/mol. The van der Waals surface area contributed by atoms with Gasteiger partial charge in [0.2, 0.25) is 0 Å². The van der Waals surface area contributed by atoms with Gasteiger partial charge in [-0.05, 0) is 12.1 Å². The summed E-state index contributed by atoms with van der Waals surface area (Å²) < 4.78 is 0.607. The van der Waals surface area contributed by atoms with E-state index in [0.29, 0.717) is 4.34 Å². The van der Waals surface area contributed by atoms with E-state index in [2.05, 4.69) is 0 Å². The summed E-state index contributed by atoms with van der Waals surface area (Å²) in [5.41, 5.74) is 11.0. The van der Waals surface area contributed by atoms with Crippen molar-refractivity contribution in [2.24, 2.45) is 11.5 Å². The van der Waals surface area contributed by atoms with Crippen LogP contribution in [0.25, 0.3) is 0 Å². The molecule has 1 aromatic heterocycles. The predicted octanol–water partition coefficient (Wildman–Crippen LogP) is 0.856. The molecule has 14 heavy (non-hydrogen) atoms. The van der Waals surface area contributed by atoms with E-state index in [1.54, 1.807) is 12.1 Å². The molecule has 0 aliphatic heterocycles. The van der Waals surface area contributed by atoms with E-state index in [-0.39, 0.29) is 12.5 Å². The van der Waals surface area contributed by atoms with Gasteiger partial charge in [-0.25, -0.2) is 0 Å². The summed E-state index contributed by atoms with van der Waals surface area (Å²) in [4.78, 5) is 11.5. The fourth-order valence-electron chi connectivity index (χ4n) is 1.14. The quantitative estimate of drug-likeness (QED) is 0.721. The number of nitrogens with two attached hydrogens (primary N) is 2. The lowest BCUT2D eigenvalue weighted by Crippen LogP contribution is -2.39. The zero-order valence-electron chi connectivity index (χ0n) is 7.31. The number of halogens is 1. The maximum Gasteiger partial charge on any atom is 0.321 e. The van der Waals surface area contributed by atoms with Crippen LogP contribution in [0, 0.1) is 0 Å². The molecule has 2 unspecified atom stereocenters. The van der Waals surface area contributed by atoms with Gasteiger partial charge in [-0.15, -0.1) is 11.3 Å². The largest absolute Gasteiger partial charge is 0.480 e. The molecule has 1 heterocycles. The minimum Gasteiger partial charge on any atom is -0.480 e. The second kappa shape index (κ2) is 4.75. The summed E-state index contributed by atoms with van der Waals surface area (Å²) in [6.45, 7) is 0.199. The van der Waals surface area contributed by atoms with Crippen molar-refractivity contribution in [3.63, 3.8) is 0 Å². The fraction of sp³-hybridized carbons (Fsp3) is 0.375. The molecule has 0 spiro atoms. The molecular weight excluding hydrogens is 224 g/mol. The summed E-state index contributed by atoms with van der Waals surface area (Å²) in [5, 5.41) is 8.74. The van der Waals surface area contributed by atoms with Crippen LogP contribution in [-0.2, 0) is 4.79 Å². The van der Waals surface area contributed by atoms with E-state index in [1.165, 1.54) is 11.3 Å². The third-order valence-corrected chi connectivity index (χ3v) is 3.30. The third kappa shape index (κ3) is 2.45. The summed E-state index contributed by atoms with van der Waals surface area (Å²) in [5.74, 6) is -1.42. The van der Waals surface area contributed by atoms with Crippen molar-refractivity contribution >= 4 is 28.9 Å². The van der Waals surface area contributed by atoms with Crippen LogP contribution in [-0.4, -0.2) is 23.7 Å². The standard InChI is InChI=1S/C8H11ClN2O2S/c9-6-2-1-5(14-6)4(3-10)7(11)8(12)13/h1-2,4,7H,3,10-11H2,(H,12,13). The maximum absolute atomic E-state index is 10.7. The van der Waals surface area contributed by atoms with Gasteiger partial charge >= 0.3 is 5.97 Å². The molecule has 5 N–H and O–H groups in total. The molecule has 0 amide bonds. The van der Waals surface area contributed by atoms with Crippen molar-refractivity contribution in [1.29, 1.82) is 0 Å². The van der Waals surface area contributed by atoms with Gasteiger partial charge in [0.15, 0.2) is 0 Å². The molecule has 2 atom stereocenters. The lowest BCUT2D eigenvalue weighted by molar-refractivity contribution is -0.139. The van der Waals surface area contributed by atoms with Crippen molar-refractivity contribution in [2.45, 2.75) is 12.0 Å². The summed E-state index contributed by atoms with van der Waals surface area (Å²) in [6, 6.07) is 2.49. The maximum atomic E-state index is 10.7. The van der Waals surface area contributed by atoms with Crippen molar-refractivity contribution < 1.29 is 9.90 Å². The molecule has 0 radical (unpaired) electrons. The van der Waals surface area contributed by atoms with E-state index in [1.807, 2.05) is 0 Å². The highest BCUT2D eigenvalue weighted by Gasteiger charge is 2.25. The molecule has 0 aliphatic carbocycles. The topological polar surface area (TPSA) is 89.3 Å². The van der Waals surface area contributed by atoms with Crippen molar-refractivity contribution in [2.75, 3.05) is 6.54 Å². The molecule has 1 rings (SSSR count). The first-order chi connectivity index (χ1) is 6.56. The van der Waals surface area contributed by atoms with Gasteiger partial charge in [0, 0.05) is 17.3 Å². The van der Waals surface area contributed by atoms with Crippen LogP contribution in [0.5, 0.6) is 0 Å². The molecule has 6 heteroatoms. The van der Waals surface area contributed by atoms with Crippen LogP contribution in [0.2, 0.25) is 4.34 Å². The average Bonchev–Trinajstić information content (AvgIpc) is 2.53. The molecule has 78 valence electrons. The predicted molar refractivity (Wildman–Crippen MR) is 56.7 cm³/mol. The number of carbonyl (C=O) groups is 1. The first kappa shape index (κ1) is 11.5. The van der Waals surface area contributed by atoms with Crippen LogP contribution >= 0.6 is 22.9 Å². The second-order valence-electron chi connectivity index (χ2n) is 2.85. The van der Waals surface area contributed by atoms with Crippen LogP contribution in [0.15, 0.2) is 12.1 Å². The van der Waals surface area contributed by atoms with E-state index >= 15 is 0 Å². The molecule has 4 nitrogen and oxygen atoms in total. The molecule has 0 aliphatic rings. The number of hydrogen-bond donors (Lipinski definition) is 3. The lowest BCUT2D eigenvalue weighted by Gasteiger charge is -2.16. The van der Waals surface area contributed by atoms with Crippen molar-refractivity contribution in [3.8, 4) is 0 Å². The Labute approximate surface area is 90.5 Å². The molecule has 0 aromatic carbocycles. The number of hydrogen-bond acceptors (Lipinski definition) is 4. The molecular formula is C8H11ClN2O2S. The normalized spacial score (nSPS) is 15.1. The number of aliphatic carboxylic acids is 1. The Hall–Kier alpha value is -0.620. The van der Waals surface area contributed by atoms with E-state index in [0.717, 1.165) is 4.88 Å². The van der Waals surface area contributed by atoms with E-state index < -0.39 is 12.0 Å². The Morgan fingerprint density at radius 3 is 2.64 bits per heavy atom. The van der Waals surface area contributed by atoms with Crippen LogP contribution in [0.1, 0.15) is 10.8 Å². The van der Waals surface area contributed by atoms with Gasteiger partial charge in [0.25, 0.3) is 0 Å². The molecule has 0 fully saturated rings. The van der Waals surface area contributed by atoms with Crippen LogP contribution < -0.4 is 11.5 Å². The number of thiophene rings is 1.